The minimum absolute atomic E-state index is 0.126. The summed E-state index contributed by atoms with van der Waals surface area (Å²) in [6.07, 6.45) is 1.87. The minimum atomic E-state index is -0.126. The number of hydrogen-bond acceptors (Lipinski definition) is 3. The van der Waals surface area contributed by atoms with Crippen molar-refractivity contribution in [2.24, 2.45) is 0 Å². The molecule has 0 radical (unpaired) electrons. The minimum Gasteiger partial charge on any atom is -0.510 e. The fourth-order valence-corrected chi connectivity index (χ4v) is 2.70. The molecule has 1 aliphatic heterocycles. The third-order valence-corrected chi connectivity index (χ3v) is 3.89. The van der Waals surface area contributed by atoms with Crippen LogP contribution in [0, 0.1) is 6.92 Å². The van der Waals surface area contributed by atoms with Gasteiger partial charge in [0, 0.05) is 12.2 Å². The molecule has 3 rings (SSSR count). The number of methoxy groups -OCH3 is 1. The second-order valence-electron chi connectivity index (χ2n) is 5.29. The van der Waals surface area contributed by atoms with Crippen molar-refractivity contribution >= 4 is 5.69 Å². The quantitative estimate of drug-likeness (QED) is 0.922. The van der Waals surface area contributed by atoms with Crippen molar-refractivity contribution in [1.29, 1.82) is 0 Å². The van der Waals surface area contributed by atoms with E-state index in [4.69, 9.17) is 4.74 Å². The topological polar surface area (TPSA) is 32.7 Å². The van der Waals surface area contributed by atoms with Crippen LogP contribution in [0.25, 0.3) is 0 Å². The van der Waals surface area contributed by atoms with Crippen LogP contribution in [0.2, 0.25) is 0 Å². The molecule has 3 heteroatoms. The molecule has 2 aromatic carbocycles. The van der Waals surface area contributed by atoms with Gasteiger partial charge >= 0.3 is 0 Å². The number of aliphatic hydroxyl groups excluding tert-OH is 1. The van der Waals surface area contributed by atoms with E-state index in [2.05, 4.69) is 36.1 Å². The first kappa shape index (κ1) is 13.6. The lowest BCUT2D eigenvalue weighted by Crippen LogP contribution is -2.24. The van der Waals surface area contributed by atoms with E-state index < -0.39 is 0 Å². The van der Waals surface area contributed by atoms with Crippen molar-refractivity contribution in [2.75, 3.05) is 18.6 Å². The molecule has 1 heterocycles. The summed E-state index contributed by atoms with van der Waals surface area (Å²) in [7, 11) is 1.65. The van der Waals surface area contributed by atoms with Crippen molar-refractivity contribution in [3.8, 4) is 5.75 Å². The Labute approximate surface area is 125 Å². The van der Waals surface area contributed by atoms with Crippen LogP contribution in [0.15, 0.2) is 60.4 Å². The SMILES string of the molecule is COc1ccc(C2C(O)=CCN2c2ccc(C)cc2)cc1. The molecular weight excluding hydrogens is 262 g/mol. The Balaban J connectivity index is 1.93. The molecule has 21 heavy (non-hydrogen) atoms. The largest absolute Gasteiger partial charge is 0.510 e. The van der Waals surface area contributed by atoms with Gasteiger partial charge in [0.15, 0.2) is 0 Å². The van der Waals surface area contributed by atoms with Crippen molar-refractivity contribution in [1.82, 2.24) is 0 Å². The number of anilines is 1. The smallest absolute Gasteiger partial charge is 0.118 e. The Morgan fingerprint density at radius 2 is 1.71 bits per heavy atom. The van der Waals surface area contributed by atoms with Crippen molar-refractivity contribution < 1.29 is 9.84 Å². The molecular formula is C18H19NO2. The van der Waals surface area contributed by atoms with Crippen LogP contribution in [-0.2, 0) is 0 Å². The van der Waals surface area contributed by atoms with Crippen LogP contribution in [0.5, 0.6) is 5.75 Å². The fraction of sp³-hybridized carbons (Fsp3) is 0.222. The van der Waals surface area contributed by atoms with Gasteiger partial charge in [-0.2, -0.15) is 0 Å². The van der Waals surface area contributed by atoms with Crippen molar-refractivity contribution in [3.05, 3.63) is 71.5 Å². The van der Waals surface area contributed by atoms with Gasteiger partial charge in [-0.1, -0.05) is 29.8 Å². The Morgan fingerprint density at radius 3 is 2.33 bits per heavy atom. The van der Waals surface area contributed by atoms with Gasteiger partial charge in [-0.05, 0) is 42.8 Å². The summed E-state index contributed by atoms with van der Waals surface area (Å²) in [5.41, 5.74) is 3.40. The van der Waals surface area contributed by atoms with Gasteiger partial charge in [0.2, 0.25) is 0 Å². The molecule has 0 bridgehead atoms. The Morgan fingerprint density at radius 1 is 1.05 bits per heavy atom. The normalized spacial score (nSPS) is 17.7. The first-order chi connectivity index (χ1) is 10.2. The zero-order chi connectivity index (χ0) is 14.8. The van der Waals surface area contributed by atoms with E-state index in [1.807, 2.05) is 30.3 Å². The lowest BCUT2D eigenvalue weighted by molar-refractivity contribution is 0.376. The van der Waals surface area contributed by atoms with E-state index in [9.17, 15) is 5.11 Å². The second kappa shape index (κ2) is 5.52. The number of benzene rings is 2. The van der Waals surface area contributed by atoms with Gasteiger partial charge in [0.25, 0.3) is 0 Å². The summed E-state index contributed by atoms with van der Waals surface area (Å²) in [4.78, 5) is 2.19. The molecule has 0 saturated carbocycles. The highest BCUT2D eigenvalue weighted by Crippen LogP contribution is 2.36. The molecule has 0 fully saturated rings. The maximum atomic E-state index is 10.2. The Kier molecular flexibility index (Phi) is 3.57. The van der Waals surface area contributed by atoms with Gasteiger partial charge in [-0.3, -0.25) is 0 Å². The summed E-state index contributed by atoms with van der Waals surface area (Å²) < 4.78 is 5.19. The molecule has 1 aliphatic rings. The first-order valence-electron chi connectivity index (χ1n) is 7.05. The number of aryl methyl sites for hydroxylation is 1. The standard InChI is InChI=1S/C18H19NO2/c1-13-3-7-15(8-4-13)19-12-11-17(20)18(19)14-5-9-16(21-2)10-6-14/h3-11,18,20H,12H2,1-2H3. The first-order valence-corrected chi connectivity index (χ1v) is 7.05. The Hall–Kier alpha value is -2.42. The molecule has 0 saturated heterocycles. The third kappa shape index (κ3) is 2.59. The van der Waals surface area contributed by atoms with Crippen molar-refractivity contribution in [3.63, 3.8) is 0 Å². The van der Waals surface area contributed by atoms with Gasteiger partial charge in [0.1, 0.15) is 17.6 Å². The van der Waals surface area contributed by atoms with Gasteiger partial charge in [0.05, 0.1) is 7.11 Å². The van der Waals surface area contributed by atoms with E-state index in [0.717, 1.165) is 17.0 Å². The molecule has 0 aliphatic carbocycles. The van der Waals surface area contributed by atoms with Crippen LogP contribution in [0.1, 0.15) is 17.2 Å². The maximum Gasteiger partial charge on any atom is 0.118 e. The Bertz CT molecular complexity index is 644. The van der Waals surface area contributed by atoms with Gasteiger partial charge < -0.3 is 14.7 Å². The van der Waals surface area contributed by atoms with Crippen LogP contribution < -0.4 is 9.64 Å². The molecule has 1 N–H and O–H groups in total. The van der Waals surface area contributed by atoms with E-state index in [-0.39, 0.29) is 6.04 Å². The van der Waals surface area contributed by atoms with Crippen molar-refractivity contribution in [2.45, 2.75) is 13.0 Å². The average molecular weight is 281 g/mol. The summed E-state index contributed by atoms with van der Waals surface area (Å²) in [6, 6.07) is 16.1. The summed E-state index contributed by atoms with van der Waals surface area (Å²) in [6.45, 7) is 2.79. The zero-order valence-electron chi connectivity index (χ0n) is 12.3. The summed E-state index contributed by atoms with van der Waals surface area (Å²) in [5, 5.41) is 10.2. The van der Waals surface area contributed by atoms with Gasteiger partial charge in [-0.25, -0.2) is 0 Å². The number of aliphatic hydroxyl groups is 1. The molecule has 3 nitrogen and oxygen atoms in total. The molecule has 1 unspecified atom stereocenters. The van der Waals surface area contributed by atoms with Crippen LogP contribution in [0.4, 0.5) is 5.69 Å². The molecule has 0 amide bonds. The zero-order valence-corrected chi connectivity index (χ0v) is 12.3. The van der Waals surface area contributed by atoms with E-state index in [1.165, 1.54) is 5.56 Å². The number of nitrogens with zero attached hydrogens (tertiary/aromatic N) is 1. The summed E-state index contributed by atoms with van der Waals surface area (Å²) >= 11 is 0. The van der Waals surface area contributed by atoms with Crippen LogP contribution in [0.3, 0.4) is 0 Å². The number of ether oxygens (including phenoxy) is 1. The maximum absolute atomic E-state index is 10.2. The van der Waals surface area contributed by atoms with E-state index >= 15 is 0 Å². The van der Waals surface area contributed by atoms with Crippen LogP contribution >= 0.6 is 0 Å². The monoisotopic (exact) mass is 281 g/mol. The molecule has 1 atom stereocenters. The highest BCUT2D eigenvalue weighted by atomic mass is 16.5. The lowest BCUT2D eigenvalue weighted by atomic mass is 10.0. The highest BCUT2D eigenvalue weighted by molar-refractivity contribution is 5.55. The molecule has 0 spiro atoms. The molecule has 0 aromatic heterocycles. The predicted molar refractivity (Wildman–Crippen MR) is 85.0 cm³/mol. The van der Waals surface area contributed by atoms with Gasteiger partial charge in [-0.15, -0.1) is 0 Å². The highest BCUT2D eigenvalue weighted by Gasteiger charge is 2.28. The lowest BCUT2D eigenvalue weighted by Gasteiger charge is -2.28. The third-order valence-electron chi connectivity index (χ3n) is 3.89. The van der Waals surface area contributed by atoms with Crippen LogP contribution in [-0.4, -0.2) is 18.8 Å². The average Bonchev–Trinajstić information content (AvgIpc) is 2.90. The number of hydrogen-bond donors (Lipinski definition) is 1. The second-order valence-corrected chi connectivity index (χ2v) is 5.29. The summed E-state index contributed by atoms with van der Waals surface area (Å²) in [5.74, 6) is 1.22. The van der Waals surface area contributed by atoms with E-state index in [1.54, 1.807) is 7.11 Å². The number of rotatable bonds is 3. The molecule has 2 aromatic rings. The molecule has 108 valence electrons. The predicted octanol–water partition coefficient (Wildman–Crippen LogP) is 4.01. The fourth-order valence-electron chi connectivity index (χ4n) is 2.70. The van der Waals surface area contributed by atoms with E-state index in [0.29, 0.717) is 12.3 Å².